The molecule has 0 radical (unpaired) electrons. The summed E-state index contributed by atoms with van der Waals surface area (Å²) in [5, 5.41) is 9.81. The molecule has 5 nitrogen and oxygen atoms in total. The SMILES string of the molecule is COCOC[C@@H]1C(C(=O)OC)=CCC[C@H]1O. The summed E-state index contributed by atoms with van der Waals surface area (Å²) in [7, 11) is 2.85. The van der Waals surface area contributed by atoms with Crippen molar-refractivity contribution in [2.24, 2.45) is 5.92 Å². The number of hydrogen-bond acceptors (Lipinski definition) is 5. The van der Waals surface area contributed by atoms with Gasteiger partial charge in [0.1, 0.15) is 6.79 Å². The van der Waals surface area contributed by atoms with Crippen molar-refractivity contribution in [3.63, 3.8) is 0 Å². The molecule has 0 spiro atoms. The molecule has 0 bridgehead atoms. The predicted molar refractivity (Wildman–Crippen MR) is 56.7 cm³/mol. The average molecular weight is 230 g/mol. The highest BCUT2D eigenvalue weighted by Gasteiger charge is 2.31. The standard InChI is InChI=1S/C11H18O5/c1-14-7-16-6-9-8(11(13)15-2)4-3-5-10(9)12/h4,9-10,12H,3,5-7H2,1-2H3/t9-,10-/m1/s1. The second-order valence-electron chi connectivity index (χ2n) is 3.68. The van der Waals surface area contributed by atoms with Crippen LogP contribution in [-0.4, -0.2) is 44.8 Å². The number of carbonyl (C=O) groups excluding carboxylic acids is 1. The van der Waals surface area contributed by atoms with Crippen molar-refractivity contribution in [2.45, 2.75) is 18.9 Å². The third-order valence-electron chi connectivity index (χ3n) is 2.61. The molecule has 0 amide bonds. The van der Waals surface area contributed by atoms with Gasteiger partial charge in [-0.05, 0) is 12.8 Å². The number of carbonyl (C=O) groups is 1. The fraction of sp³-hybridized carbons (Fsp3) is 0.727. The molecule has 0 aromatic heterocycles. The third kappa shape index (κ3) is 3.30. The van der Waals surface area contributed by atoms with Crippen molar-refractivity contribution in [3.8, 4) is 0 Å². The molecular formula is C11H18O5. The molecule has 2 atom stereocenters. The zero-order valence-corrected chi connectivity index (χ0v) is 9.64. The van der Waals surface area contributed by atoms with Crippen LogP contribution in [0.5, 0.6) is 0 Å². The number of esters is 1. The highest BCUT2D eigenvalue weighted by molar-refractivity contribution is 5.89. The fourth-order valence-electron chi connectivity index (χ4n) is 1.78. The highest BCUT2D eigenvalue weighted by atomic mass is 16.7. The topological polar surface area (TPSA) is 65.0 Å². The molecule has 0 saturated carbocycles. The van der Waals surface area contributed by atoms with Gasteiger partial charge in [0.05, 0.1) is 19.8 Å². The Bertz CT molecular complexity index is 261. The van der Waals surface area contributed by atoms with Crippen molar-refractivity contribution >= 4 is 5.97 Å². The zero-order chi connectivity index (χ0) is 12.0. The Morgan fingerprint density at radius 2 is 2.31 bits per heavy atom. The van der Waals surface area contributed by atoms with Crippen LogP contribution in [0, 0.1) is 5.92 Å². The van der Waals surface area contributed by atoms with Gasteiger partial charge in [0, 0.05) is 18.6 Å². The monoisotopic (exact) mass is 230 g/mol. The summed E-state index contributed by atoms with van der Waals surface area (Å²) in [6, 6.07) is 0. The molecule has 1 aliphatic carbocycles. The van der Waals surface area contributed by atoms with Gasteiger partial charge in [-0.1, -0.05) is 6.08 Å². The van der Waals surface area contributed by atoms with E-state index in [-0.39, 0.29) is 19.3 Å². The molecule has 0 fully saturated rings. The van der Waals surface area contributed by atoms with Crippen LogP contribution in [0.4, 0.5) is 0 Å². The van der Waals surface area contributed by atoms with Crippen LogP contribution < -0.4 is 0 Å². The number of aliphatic hydroxyl groups is 1. The molecular weight excluding hydrogens is 212 g/mol. The summed E-state index contributed by atoms with van der Waals surface area (Å²) in [6.45, 7) is 0.410. The predicted octanol–water partition coefficient (Wildman–Crippen LogP) is 0.477. The molecule has 1 N–H and O–H groups in total. The number of allylic oxidation sites excluding steroid dienone is 1. The Labute approximate surface area is 95.0 Å². The Hall–Kier alpha value is -0.910. The summed E-state index contributed by atoms with van der Waals surface area (Å²) >= 11 is 0. The molecule has 1 rings (SSSR count). The smallest absolute Gasteiger partial charge is 0.333 e. The highest BCUT2D eigenvalue weighted by Crippen LogP contribution is 2.26. The molecule has 1 aliphatic rings. The van der Waals surface area contributed by atoms with E-state index in [0.29, 0.717) is 18.4 Å². The molecule has 16 heavy (non-hydrogen) atoms. The van der Waals surface area contributed by atoms with Gasteiger partial charge in [0.15, 0.2) is 0 Å². The van der Waals surface area contributed by atoms with Crippen LogP contribution in [0.15, 0.2) is 11.6 Å². The van der Waals surface area contributed by atoms with Crippen LogP contribution in [0.3, 0.4) is 0 Å². The summed E-state index contributed by atoms with van der Waals surface area (Å²) in [4.78, 5) is 11.5. The summed E-state index contributed by atoms with van der Waals surface area (Å²) in [5.41, 5.74) is 0.498. The normalized spacial score (nSPS) is 25.1. The van der Waals surface area contributed by atoms with Gasteiger partial charge >= 0.3 is 5.97 Å². The van der Waals surface area contributed by atoms with Gasteiger partial charge in [-0.2, -0.15) is 0 Å². The number of aliphatic hydroxyl groups excluding tert-OH is 1. The molecule has 0 unspecified atom stereocenters. The molecule has 0 aliphatic heterocycles. The van der Waals surface area contributed by atoms with E-state index < -0.39 is 12.1 Å². The van der Waals surface area contributed by atoms with E-state index in [4.69, 9.17) is 9.47 Å². The van der Waals surface area contributed by atoms with E-state index in [1.807, 2.05) is 0 Å². The summed E-state index contributed by atoms with van der Waals surface area (Å²) < 4.78 is 14.6. The van der Waals surface area contributed by atoms with E-state index >= 15 is 0 Å². The van der Waals surface area contributed by atoms with Gasteiger partial charge in [-0.3, -0.25) is 0 Å². The van der Waals surface area contributed by atoms with E-state index in [0.717, 1.165) is 0 Å². The maximum Gasteiger partial charge on any atom is 0.333 e. The number of hydrogen-bond donors (Lipinski definition) is 1. The van der Waals surface area contributed by atoms with Crippen LogP contribution in [-0.2, 0) is 19.0 Å². The molecule has 92 valence electrons. The second kappa shape index (κ2) is 6.62. The van der Waals surface area contributed by atoms with Crippen LogP contribution in [0.1, 0.15) is 12.8 Å². The molecule has 0 saturated heterocycles. The van der Waals surface area contributed by atoms with Gasteiger partial charge in [-0.25, -0.2) is 4.79 Å². The first kappa shape index (κ1) is 13.2. The lowest BCUT2D eigenvalue weighted by atomic mass is 9.85. The van der Waals surface area contributed by atoms with Crippen LogP contribution in [0.25, 0.3) is 0 Å². The second-order valence-corrected chi connectivity index (χ2v) is 3.68. The van der Waals surface area contributed by atoms with Gasteiger partial charge in [0.25, 0.3) is 0 Å². The van der Waals surface area contributed by atoms with Gasteiger partial charge in [-0.15, -0.1) is 0 Å². The zero-order valence-electron chi connectivity index (χ0n) is 9.64. The maximum absolute atomic E-state index is 11.5. The van der Waals surface area contributed by atoms with Crippen LogP contribution >= 0.6 is 0 Å². The molecule has 0 heterocycles. The van der Waals surface area contributed by atoms with Crippen molar-refractivity contribution in [1.82, 2.24) is 0 Å². The molecule has 0 aromatic rings. The van der Waals surface area contributed by atoms with Gasteiger partial charge in [0.2, 0.25) is 0 Å². The van der Waals surface area contributed by atoms with Crippen molar-refractivity contribution < 1.29 is 24.1 Å². The lowest BCUT2D eigenvalue weighted by molar-refractivity contribution is -0.138. The minimum absolute atomic E-state index is 0.150. The minimum Gasteiger partial charge on any atom is -0.466 e. The lowest BCUT2D eigenvalue weighted by Gasteiger charge is -2.27. The first-order valence-electron chi connectivity index (χ1n) is 5.23. The van der Waals surface area contributed by atoms with Crippen molar-refractivity contribution in [2.75, 3.05) is 27.6 Å². The first-order valence-corrected chi connectivity index (χ1v) is 5.23. The Balaban J connectivity index is 2.63. The number of ether oxygens (including phenoxy) is 3. The quantitative estimate of drug-likeness (QED) is 0.422. The Morgan fingerprint density at radius 3 is 2.94 bits per heavy atom. The fourth-order valence-corrected chi connectivity index (χ4v) is 1.78. The minimum atomic E-state index is -0.559. The van der Waals surface area contributed by atoms with E-state index in [2.05, 4.69) is 4.74 Å². The van der Waals surface area contributed by atoms with Crippen molar-refractivity contribution in [1.29, 1.82) is 0 Å². The Morgan fingerprint density at radius 1 is 1.56 bits per heavy atom. The Kier molecular flexibility index (Phi) is 5.45. The van der Waals surface area contributed by atoms with E-state index in [1.165, 1.54) is 14.2 Å². The van der Waals surface area contributed by atoms with E-state index in [9.17, 15) is 9.90 Å². The van der Waals surface area contributed by atoms with Crippen molar-refractivity contribution in [3.05, 3.63) is 11.6 Å². The molecule has 5 heteroatoms. The van der Waals surface area contributed by atoms with Crippen LogP contribution in [0.2, 0.25) is 0 Å². The van der Waals surface area contributed by atoms with E-state index in [1.54, 1.807) is 6.08 Å². The summed E-state index contributed by atoms with van der Waals surface area (Å²) in [5.74, 6) is -0.721. The number of rotatable bonds is 5. The molecule has 0 aromatic carbocycles. The number of methoxy groups -OCH3 is 2. The average Bonchev–Trinajstić information content (AvgIpc) is 2.30. The van der Waals surface area contributed by atoms with Gasteiger partial charge < -0.3 is 19.3 Å². The lowest BCUT2D eigenvalue weighted by Crippen LogP contribution is -2.33. The summed E-state index contributed by atoms with van der Waals surface area (Å²) in [6.07, 6.45) is 2.57. The third-order valence-corrected chi connectivity index (χ3v) is 2.61. The maximum atomic E-state index is 11.5. The largest absolute Gasteiger partial charge is 0.466 e. The first-order chi connectivity index (χ1) is 7.70.